The Morgan fingerprint density at radius 3 is 2.26 bits per heavy atom. The number of nitrogens with one attached hydrogen (secondary N) is 2. The number of hydrogen-bond donors (Lipinski definition) is 2. The molecule has 0 atom stereocenters. The van der Waals surface area contributed by atoms with E-state index >= 15 is 0 Å². The maximum absolute atomic E-state index is 4.43. The summed E-state index contributed by atoms with van der Waals surface area (Å²) in [5.41, 5.74) is 3.95. The molecule has 0 radical (unpaired) electrons. The molecule has 0 amide bonds. The molecule has 0 unspecified atom stereocenters. The molecular formula is C25H34IN5. The second-order valence-electron chi connectivity index (χ2n) is 8.15. The number of piperidine rings is 1. The molecule has 1 saturated heterocycles. The Morgan fingerprint density at radius 2 is 1.61 bits per heavy atom. The molecule has 0 bridgehead atoms. The lowest BCUT2D eigenvalue weighted by Gasteiger charge is -2.33. The summed E-state index contributed by atoms with van der Waals surface area (Å²) >= 11 is 0. The molecule has 31 heavy (non-hydrogen) atoms. The Hall–Kier alpha value is -2.06. The van der Waals surface area contributed by atoms with Gasteiger partial charge in [0.05, 0.1) is 0 Å². The SMILES string of the molecule is CN=C(NCc1ccc(N2CC=CC2)cc1)NC1CCN(Cc2ccccc2)CC1.I. The molecule has 2 aromatic carbocycles. The molecule has 4 rings (SSSR count). The summed E-state index contributed by atoms with van der Waals surface area (Å²) in [6.07, 6.45) is 6.73. The molecule has 2 aliphatic heterocycles. The molecule has 2 aromatic rings. The van der Waals surface area contributed by atoms with E-state index in [-0.39, 0.29) is 24.0 Å². The molecule has 2 heterocycles. The van der Waals surface area contributed by atoms with E-state index in [0.29, 0.717) is 6.04 Å². The van der Waals surface area contributed by atoms with Crippen molar-refractivity contribution in [1.82, 2.24) is 15.5 Å². The van der Waals surface area contributed by atoms with Gasteiger partial charge in [-0.15, -0.1) is 24.0 Å². The van der Waals surface area contributed by atoms with Crippen LogP contribution in [0, 0.1) is 0 Å². The Bertz CT molecular complexity index is 834. The summed E-state index contributed by atoms with van der Waals surface area (Å²) in [5.74, 6) is 0.893. The minimum Gasteiger partial charge on any atom is -0.364 e. The van der Waals surface area contributed by atoms with Crippen LogP contribution in [0.25, 0.3) is 0 Å². The van der Waals surface area contributed by atoms with Crippen LogP contribution in [-0.4, -0.2) is 50.1 Å². The van der Waals surface area contributed by atoms with Crippen LogP contribution in [0.2, 0.25) is 0 Å². The molecule has 2 aliphatic rings. The molecule has 0 saturated carbocycles. The van der Waals surface area contributed by atoms with Gasteiger partial charge in [0.2, 0.25) is 0 Å². The lowest BCUT2D eigenvalue weighted by atomic mass is 10.0. The number of halogens is 1. The van der Waals surface area contributed by atoms with Crippen molar-refractivity contribution in [1.29, 1.82) is 0 Å². The maximum atomic E-state index is 4.43. The topological polar surface area (TPSA) is 42.9 Å². The fourth-order valence-electron chi connectivity index (χ4n) is 4.16. The zero-order valence-electron chi connectivity index (χ0n) is 18.3. The molecule has 166 valence electrons. The summed E-state index contributed by atoms with van der Waals surface area (Å²) in [5, 5.41) is 7.08. The summed E-state index contributed by atoms with van der Waals surface area (Å²) in [6.45, 7) is 6.10. The molecule has 6 heteroatoms. The summed E-state index contributed by atoms with van der Waals surface area (Å²) in [4.78, 5) is 9.33. The lowest BCUT2D eigenvalue weighted by molar-refractivity contribution is 0.198. The zero-order chi connectivity index (χ0) is 20.6. The normalized spacial score (nSPS) is 17.5. The van der Waals surface area contributed by atoms with E-state index in [1.165, 1.54) is 16.8 Å². The number of aliphatic imine (C=N–C) groups is 1. The van der Waals surface area contributed by atoms with E-state index in [0.717, 1.165) is 58.1 Å². The Kier molecular flexibility index (Phi) is 9.21. The first kappa shape index (κ1) is 23.6. The van der Waals surface area contributed by atoms with E-state index in [2.05, 4.69) is 92.2 Å². The number of guanidine groups is 1. The molecule has 1 fully saturated rings. The third kappa shape index (κ3) is 6.97. The van der Waals surface area contributed by atoms with Crippen molar-refractivity contribution >= 4 is 35.6 Å². The highest BCUT2D eigenvalue weighted by Gasteiger charge is 2.20. The number of benzene rings is 2. The van der Waals surface area contributed by atoms with Crippen LogP contribution in [0.4, 0.5) is 5.69 Å². The van der Waals surface area contributed by atoms with Gasteiger partial charge in [0, 0.05) is 58.0 Å². The van der Waals surface area contributed by atoms with E-state index in [1.54, 1.807) is 0 Å². The van der Waals surface area contributed by atoms with E-state index in [1.807, 2.05) is 7.05 Å². The smallest absolute Gasteiger partial charge is 0.191 e. The van der Waals surface area contributed by atoms with Gasteiger partial charge in [-0.25, -0.2) is 0 Å². The van der Waals surface area contributed by atoms with Crippen molar-refractivity contribution < 1.29 is 0 Å². The Labute approximate surface area is 203 Å². The second kappa shape index (κ2) is 12.1. The third-order valence-corrected chi connectivity index (χ3v) is 5.98. The van der Waals surface area contributed by atoms with Gasteiger partial charge in [-0.3, -0.25) is 9.89 Å². The van der Waals surface area contributed by atoms with Crippen LogP contribution < -0.4 is 15.5 Å². The maximum Gasteiger partial charge on any atom is 0.191 e. The molecular weight excluding hydrogens is 497 g/mol. The van der Waals surface area contributed by atoms with Crippen molar-refractivity contribution in [2.75, 3.05) is 38.1 Å². The number of hydrogen-bond acceptors (Lipinski definition) is 3. The molecule has 0 aromatic heterocycles. The molecule has 0 aliphatic carbocycles. The largest absolute Gasteiger partial charge is 0.364 e. The Balaban J connectivity index is 0.00000272. The van der Waals surface area contributed by atoms with Crippen LogP contribution in [0.1, 0.15) is 24.0 Å². The fourth-order valence-corrected chi connectivity index (χ4v) is 4.16. The first-order chi connectivity index (χ1) is 14.8. The highest BCUT2D eigenvalue weighted by molar-refractivity contribution is 14.0. The predicted octanol–water partition coefficient (Wildman–Crippen LogP) is 4.01. The van der Waals surface area contributed by atoms with E-state index < -0.39 is 0 Å². The van der Waals surface area contributed by atoms with Gasteiger partial charge in [0.1, 0.15) is 0 Å². The minimum absolute atomic E-state index is 0. The Morgan fingerprint density at radius 1 is 0.935 bits per heavy atom. The number of anilines is 1. The van der Waals surface area contributed by atoms with Gasteiger partial charge in [-0.1, -0.05) is 54.6 Å². The number of nitrogens with zero attached hydrogens (tertiary/aromatic N) is 3. The first-order valence-corrected chi connectivity index (χ1v) is 11.0. The number of rotatable bonds is 6. The monoisotopic (exact) mass is 531 g/mol. The van der Waals surface area contributed by atoms with Crippen LogP contribution in [0.3, 0.4) is 0 Å². The predicted molar refractivity (Wildman–Crippen MR) is 141 cm³/mol. The highest BCUT2D eigenvalue weighted by Crippen LogP contribution is 2.18. The van der Waals surface area contributed by atoms with Crippen LogP contribution in [0.15, 0.2) is 71.7 Å². The van der Waals surface area contributed by atoms with Crippen LogP contribution in [0.5, 0.6) is 0 Å². The van der Waals surface area contributed by atoms with Crippen molar-refractivity contribution in [3.05, 3.63) is 77.9 Å². The first-order valence-electron chi connectivity index (χ1n) is 11.0. The van der Waals surface area contributed by atoms with Gasteiger partial charge >= 0.3 is 0 Å². The quantitative estimate of drug-likeness (QED) is 0.256. The molecule has 0 spiro atoms. The van der Waals surface area contributed by atoms with Crippen molar-refractivity contribution in [2.45, 2.75) is 32.0 Å². The average Bonchev–Trinajstić information content (AvgIpc) is 3.34. The average molecular weight is 531 g/mol. The number of likely N-dealkylation sites (tertiary alicyclic amines) is 1. The van der Waals surface area contributed by atoms with Crippen molar-refractivity contribution in [2.24, 2.45) is 4.99 Å². The summed E-state index contributed by atoms with van der Waals surface area (Å²) in [7, 11) is 1.85. The lowest BCUT2D eigenvalue weighted by Crippen LogP contribution is -2.48. The van der Waals surface area contributed by atoms with Crippen molar-refractivity contribution in [3.8, 4) is 0 Å². The van der Waals surface area contributed by atoms with E-state index in [4.69, 9.17) is 0 Å². The standard InChI is InChI=1S/C25H33N5.HI/c1-26-25(27-19-21-9-11-24(12-10-21)30-15-5-6-16-30)28-23-13-17-29(18-14-23)20-22-7-3-2-4-8-22;/h2-12,23H,13-20H2,1H3,(H2,26,27,28);1H. The second-order valence-corrected chi connectivity index (χ2v) is 8.15. The van der Waals surface area contributed by atoms with Gasteiger partial charge in [-0.2, -0.15) is 0 Å². The van der Waals surface area contributed by atoms with Gasteiger partial charge in [0.15, 0.2) is 5.96 Å². The third-order valence-electron chi connectivity index (χ3n) is 5.98. The fraction of sp³-hybridized carbons (Fsp3) is 0.400. The van der Waals surface area contributed by atoms with Crippen LogP contribution >= 0.6 is 24.0 Å². The summed E-state index contributed by atoms with van der Waals surface area (Å²) in [6, 6.07) is 20.1. The van der Waals surface area contributed by atoms with Gasteiger partial charge in [0.25, 0.3) is 0 Å². The van der Waals surface area contributed by atoms with Gasteiger partial charge in [-0.05, 0) is 36.1 Å². The van der Waals surface area contributed by atoms with Crippen molar-refractivity contribution in [3.63, 3.8) is 0 Å². The molecule has 2 N–H and O–H groups in total. The van der Waals surface area contributed by atoms with Crippen LogP contribution in [-0.2, 0) is 13.1 Å². The minimum atomic E-state index is 0. The van der Waals surface area contributed by atoms with Gasteiger partial charge < -0.3 is 15.5 Å². The zero-order valence-corrected chi connectivity index (χ0v) is 20.7. The highest BCUT2D eigenvalue weighted by atomic mass is 127. The molecule has 5 nitrogen and oxygen atoms in total. The summed E-state index contributed by atoms with van der Waals surface area (Å²) < 4.78 is 0. The van der Waals surface area contributed by atoms with E-state index in [9.17, 15) is 0 Å².